The lowest BCUT2D eigenvalue weighted by Crippen LogP contribution is -2.46. The van der Waals surface area contributed by atoms with Crippen molar-refractivity contribution < 1.29 is 43.8 Å². The Labute approximate surface area is 369 Å². The summed E-state index contributed by atoms with van der Waals surface area (Å²) in [5.41, 5.74) is 6.64. The molecule has 0 aromatic heterocycles. The molecule has 17 nitrogen and oxygen atoms in total. The topological polar surface area (TPSA) is 256 Å². The lowest BCUT2D eigenvalue weighted by atomic mass is 9.86. The maximum atomic E-state index is 13.4. The Morgan fingerprint density at radius 1 is 0.651 bits per heavy atom. The Balaban J connectivity index is 1.80. The van der Waals surface area contributed by atoms with E-state index in [4.69, 9.17) is 5.11 Å². The third kappa shape index (κ3) is 20.9. The maximum absolute atomic E-state index is 13.4. The summed E-state index contributed by atoms with van der Waals surface area (Å²) in [4.78, 5) is 83.6. The van der Waals surface area contributed by atoms with Gasteiger partial charge in [0.05, 0.1) is 13.1 Å². The molecule has 17 heteroatoms. The summed E-state index contributed by atoms with van der Waals surface area (Å²) in [7, 11) is 0. The average Bonchev–Trinajstić information content (AvgIpc) is 3.24. The van der Waals surface area contributed by atoms with E-state index in [-0.39, 0.29) is 75.6 Å². The Kier molecular flexibility index (Phi) is 22.9. The van der Waals surface area contributed by atoms with E-state index in [0.29, 0.717) is 31.6 Å². The van der Waals surface area contributed by atoms with Crippen molar-refractivity contribution in [2.45, 2.75) is 90.6 Å². The molecule has 1 aliphatic carbocycles. The molecule has 10 N–H and O–H groups in total. The SMILES string of the molecule is CC(=O)NCC(=O)NCCNC(CCNCCCCc1ccccc1)C(NCC(=O)NCCC(NC(=O)CCCC(=O)O)C(=O)O)=C1CC(c2ccc(NC(C)=O)cc2)=CC=C1C. The van der Waals surface area contributed by atoms with E-state index in [1.807, 2.05) is 61.5 Å². The minimum absolute atomic E-state index is 0.0485. The molecule has 3 rings (SSSR count). The first kappa shape index (κ1) is 51.0. The van der Waals surface area contributed by atoms with Crippen LogP contribution in [0.5, 0.6) is 0 Å². The molecule has 2 atom stereocenters. The fourth-order valence-corrected chi connectivity index (χ4v) is 6.81. The number of hydrogen-bond donors (Lipinski definition) is 10. The zero-order chi connectivity index (χ0) is 46.0. The largest absolute Gasteiger partial charge is 0.481 e. The Hall–Kier alpha value is -6.33. The number of aliphatic carboxylic acids is 2. The normalized spacial score (nSPS) is 13.9. The number of allylic oxidation sites excluding steroid dienone is 5. The molecule has 0 saturated carbocycles. The number of carbonyl (C=O) groups is 7. The molecule has 0 radical (unpaired) electrons. The molecular formula is C46H64N8O9. The standard InChI is InChI=1S/C46H64N8O9/c1-31-15-16-36(35-17-19-37(20-18-35)53-33(3)56)28-38(31)45(52-30-43(59)49-25-22-40(46(62)63)54-41(57)13-9-14-44(60)61)39(48-26-27-50-42(58)29-51-32(2)55)21-24-47-23-8-7-12-34-10-5-4-6-11-34/h4-6,10-11,15-20,39-40,47-48,52H,7-9,12-14,21-30H2,1-3H3,(H,49,59)(H,50,58)(H,51,55)(H,53,56)(H,54,57)(H,60,61)(H,62,63). The van der Waals surface area contributed by atoms with E-state index >= 15 is 0 Å². The zero-order valence-corrected chi connectivity index (χ0v) is 36.6. The average molecular weight is 873 g/mol. The number of nitrogens with one attached hydrogen (secondary N) is 8. The number of anilines is 1. The van der Waals surface area contributed by atoms with E-state index in [1.165, 1.54) is 19.4 Å². The fourth-order valence-electron chi connectivity index (χ4n) is 6.81. The van der Waals surface area contributed by atoms with E-state index in [0.717, 1.165) is 53.8 Å². The third-order valence-electron chi connectivity index (χ3n) is 10.1. The zero-order valence-electron chi connectivity index (χ0n) is 36.6. The Morgan fingerprint density at radius 2 is 1.33 bits per heavy atom. The fraction of sp³-hybridized carbons (Fsp3) is 0.457. The van der Waals surface area contributed by atoms with Crippen LogP contribution in [0, 0.1) is 0 Å². The van der Waals surface area contributed by atoms with Gasteiger partial charge in [0.2, 0.25) is 29.5 Å². The summed E-state index contributed by atoms with van der Waals surface area (Å²) in [6.07, 6.45) is 7.79. The number of amides is 5. The molecule has 1 aliphatic rings. The second kappa shape index (κ2) is 28.3. The highest BCUT2D eigenvalue weighted by molar-refractivity contribution is 5.89. The predicted molar refractivity (Wildman–Crippen MR) is 241 cm³/mol. The highest BCUT2D eigenvalue weighted by Gasteiger charge is 2.24. The number of rotatable bonds is 29. The Bertz CT molecular complexity index is 1950. The molecule has 0 saturated heterocycles. The number of carboxylic acids is 2. The minimum Gasteiger partial charge on any atom is -0.481 e. The first-order valence-electron chi connectivity index (χ1n) is 21.4. The van der Waals surface area contributed by atoms with Crippen molar-refractivity contribution in [3.05, 3.63) is 94.7 Å². The lowest BCUT2D eigenvalue weighted by Gasteiger charge is -2.29. The molecule has 0 spiro atoms. The highest BCUT2D eigenvalue weighted by atomic mass is 16.4. The van der Waals surface area contributed by atoms with Crippen LogP contribution in [-0.2, 0) is 40.0 Å². The van der Waals surface area contributed by atoms with Crippen LogP contribution < -0.4 is 42.5 Å². The first-order valence-corrected chi connectivity index (χ1v) is 21.4. The van der Waals surface area contributed by atoms with Crippen LogP contribution in [0.3, 0.4) is 0 Å². The lowest BCUT2D eigenvalue weighted by molar-refractivity contribution is -0.142. The molecule has 63 heavy (non-hydrogen) atoms. The molecule has 0 aliphatic heterocycles. The van der Waals surface area contributed by atoms with Gasteiger partial charge in [0.1, 0.15) is 6.04 Å². The predicted octanol–water partition coefficient (Wildman–Crippen LogP) is 2.77. The van der Waals surface area contributed by atoms with Gasteiger partial charge in [-0.15, -0.1) is 0 Å². The monoisotopic (exact) mass is 872 g/mol. The van der Waals surface area contributed by atoms with Crippen molar-refractivity contribution in [1.29, 1.82) is 0 Å². The number of benzene rings is 2. The molecule has 5 amide bonds. The molecule has 0 fully saturated rings. The van der Waals surface area contributed by atoms with Crippen LogP contribution in [0.1, 0.15) is 83.3 Å². The molecular weight excluding hydrogens is 809 g/mol. The van der Waals surface area contributed by atoms with Gasteiger partial charge in [-0.1, -0.05) is 54.6 Å². The van der Waals surface area contributed by atoms with Crippen LogP contribution in [0.25, 0.3) is 5.57 Å². The minimum atomic E-state index is -1.28. The van der Waals surface area contributed by atoms with Crippen molar-refractivity contribution in [1.82, 2.24) is 37.2 Å². The van der Waals surface area contributed by atoms with Gasteiger partial charge in [-0.25, -0.2) is 4.79 Å². The van der Waals surface area contributed by atoms with Gasteiger partial charge < -0.3 is 52.7 Å². The first-order chi connectivity index (χ1) is 30.2. The summed E-state index contributed by atoms with van der Waals surface area (Å²) in [6, 6.07) is 16.3. The van der Waals surface area contributed by atoms with Gasteiger partial charge in [-0.2, -0.15) is 0 Å². The van der Waals surface area contributed by atoms with Crippen LogP contribution in [0.2, 0.25) is 0 Å². The molecule has 2 aromatic rings. The van der Waals surface area contributed by atoms with Gasteiger partial charge in [0.25, 0.3) is 0 Å². The third-order valence-corrected chi connectivity index (χ3v) is 10.1. The number of unbranched alkanes of at least 4 members (excludes halogenated alkanes) is 1. The summed E-state index contributed by atoms with van der Waals surface area (Å²) in [5, 5.41) is 42.3. The van der Waals surface area contributed by atoms with E-state index < -0.39 is 29.8 Å². The van der Waals surface area contributed by atoms with Crippen LogP contribution in [0.4, 0.5) is 5.69 Å². The van der Waals surface area contributed by atoms with E-state index in [1.54, 1.807) is 0 Å². The van der Waals surface area contributed by atoms with Gasteiger partial charge in [0, 0.05) is 70.2 Å². The second-order valence-corrected chi connectivity index (χ2v) is 15.3. The second-order valence-electron chi connectivity index (χ2n) is 15.3. The summed E-state index contributed by atoms with van der Waals surface area (Å²) < 4.78 is 0. The molecule has 2 unspecified atom stereocenters. The molecule has 0 bridgehead atoms. The van der Waals surface area contributed by atoms with Gasteiger partial charge in [-0.05, 0) is 98.5 Å². The molecule has 342 valence electrons. The number of carbonyl (C=O) groups excluding carboxylic acids is 5. The quantitative estimate of drug-likeness (QED) is 0.0530. The van der Waals surface area contributed by atoms with Gasteiger partial charge in [-0.3, -0.25) is 28.8 Å². The van der Waals surface area contributed by atoms with Gasteiger partial charge in [0.15, 0.2) is 0 Å². The number of aryl methyl sites for hydroxylation is 1. The van der Waals surface area contributed by atoms with Crippen molar-refractivity contribution in [2.24, 2.45) is 0 Å². The van der Waals surface area contributed by atoms with Gasteiger partial charge >= 0.3 is 11.9 Å². The van der Waals surface area contributed by atoms with E-state index in [2.05, 4.69) is 54.7 Å². The number of carboxylic acid groups (broad SMARTS) is 2. The maximum Gasteiger partial charge on any atom is 0.326 e. The van der Waals surface area contributed by atoms with Crippen molar-refractivity contribution >= 4 is 52.7 Å². The summed E-state index contributed by atoms with van der Waals surface area (Å²) in [6.45, 7) is 6.51. The highest BCUT2D eigenvalue weighted by Crippen LogP contribution is 2.34. The molecule has 2 aromatic carbocycles. The summed E-state index contributed by atoms with van der Waals surface area (Å²) in [5.74, 6) is -4.15. The summed E-state index contributed by atoms with van der Waals surface area (Å²) >= 11 is 0. The number of hydrogen-bond acceptors (Lipinski definition) is 10. The van der Waals surface area contributed by atoms with Crippen molar-refractivity contribution in [3.63, 3.8) is 0 Å². The van der Waals surface area contributed by atoms with E-state index in [9.17, 15) is 38.7 Å². The van der Waals surface area contributed by atoms with Crippen molar-refractivity contribution in [3.8, 4) is 0 Å². The molecule has 0 heterocycles. The van der Waals surface area contributed by atoms with Crippen molar-refractivity contribution in [2.75, 3.05) is 51.1 Å². The van der Waals surface area contributed by atoms with Crippen LogP contribution in [0.15, 0.2) is 83.6 Å². The smallest absolute Gasteiger partial charge is 0.326 e. The Morgan fingerprint density at radius 3 is 2.00 bits per heavy atom. The van der Waals surface area contributed by atoms with Crippen LogP contribution in [-0.4, -0.2) is 110 Å². The van der Waals surface area contributed by atoms with Crippen LogP contribution >= 0.6 is 0 Å².